The zero-order valence-electron chi connectivity index (χ0n) is 17.3. The second-order valence-corrected chi connectivity index (χ2v) is 8.39. The first-order valence-electron chi connectivity index (χ1n) is 10.5. The van der Waals surface area contributed by atoms with E-state index in [4.69, 9.17) is 21.6 Å². The molecule has 4 heterocycles. The molecule has 2 aliphatic rings. The van der Waals surface area contributed by atoms with Gasteiger partial charge < -0.3 is 15.5 Å². The van der Waals surface area contributed by atoms with Crippen LogP contribution in [0.5, 0.6) is 0 Å². The highest BCUT2D eigenvalue weighted by Crippen LogP contribution is 2.35. The van der Waals surface area contributed by atoms with E-state index in [0.717, 1.165) is 47.1 Å². The van der Waals surface area contributed by atoms with Gasteiger partial charge in [-0.25, -0.2) is 15.0 Å². The second kappa shape index (κ2) is 8.15. The van der Waals surface area contributed by atoms with Crippen LogP contribution in [-0.2, 0) is 11.2 Å². The van der Waals surface area contributed by atoms with Gasteiger partial charge in [-0.15, -0.1) is 0 Å². The number of carbonyl (C=O) groups is 1. The molecule has 1 fully saturated rings. The average molecular weight is 435 g/mol. The summed E-state index contributed by atoms with van der Waals surface area (Å²) in [6, 6.07) is 9.49. The van der Waals surface area contributed by atoms with E-state index < -0.39 is 0 Å². The first-order valence-corrected chi connectivity index (χ1v) is 10.9. The van der Waals surface area contributed by atoms with Gasteiger partial charge in [0.15, 0.2) is 0 Å². The largest absolute Gasteiger partial charge is 0.357 e. The van der Waals surface area contributed by atoms with Crippen LogP contribution in [0.15, 0.2) is 36.5 Å². The Hall–Kier alpha value is -3.19. The van der Waals surface area contributed by atoms with Gasteiger partial charge >= 0.3 is 0 Å². The summed E-state index contributed by atoms with van der Waals surface area (Å²) in [4.78, 5) is 28.6. The van der Waals surface area contributed by atoms with Crippen molar-refractivity contribution in [2.24, 2.45) is 0 Å². The van der Waals surface area contributed by atoms with Gasteiger partial charge in [0.1, 0.15) is 5.82 Å². The van der Waals surface area contributed by atoms with E-state index in [1.165, 1.54) is 19.3 Å². The first kappa shape index (κ1) is 19.8. The maximum absolute atomic E-state index is 12.3. The Morgan fingerprint density at radius 2 is 1.94 bits per heavy atom. The predicted octanol–water partition coefficient (Wildman–Crippen LogP) is 4.73. The van der Waals surface area contributed by atoms with E-state index in [2.05, 4.69) is 20.5 Å². The van der Waals surface area contributed by atoms with Crippen molar-refractivity contribution in [3.63, 3.8) is 0 Å². The lowest BCUT2D eigenvalue weighted by molar-refractivity contribution is -0.115. The molecule has 5 rings (SSSR count). The van der Waals surface area contributed by atoms with Crippen molar-refractivity contribution in [2.45, 2.75) is 32.6 Å². The van der Waals surface area contributed by atoms with Crippen LogP contribution in [0.1, 0.15) is 30.5 Å². The third-order valence-corrected chi connectivity index (χ3v) is 5.96. The van der Waals surface area contributed by atoms with Crippen molar-refractivity contribution in [1.82, 2.24) is 15.0 Å². The maximum atomic E-state index is 12.3. The number of carbonyl (C=O) groups excluding carboxylic acids is 1. The highest BCUT2D eigenvalue weighted by atomic mass is 35.5. The standard InChI is InChI=1S/C23H23ClN6O/c1-14-18(7-8-20(26-14)30-9-3-2-4-10-30)28-23-25-13-15-11-21(31)27-19-12-16(24)5-6-17(19)22(15)29-23/h5-8,12-13H,2-4,9-11H2,1H3,(H,27,31)(H,25,28,29). The number of nitrogens with one attached hydrogen (secondary N) is 2. The number of hydrogen-bond donors (Lipinski definition) is 2. The Balaban J connectivity index is 1.45. The molecule has 7 nitrogen and oxygen atoms in total. The molecule has 0 unspecified atom stereocenters. The van der Waals surface area contributed by atoms with Gasteiger partial charge in [-0.05, 0) is 56.5 Å². The molecular formula is C23H23ClN6O. The zero-order chi connectivity index (χ0) is 21.4. The lowest BCUT2D eigenvalue weighted by Crippen LogP contribution is -2.30. The molecular weight excluding hydrogens is 412 g/mol. The van der Waals surface area contributed by atoms with Crippen molar-refractivity contribution in [3.8, 4) is 11.3 Å². The minimum absolute atomic E-state index is 0.111. The first-order chi connectivity index (χ1) is 15.1. The predicted molar refractivity (Wildman–Crippen MR) is 123 cm³/mol. The number of fused-ring (bicyclic) bond motifs is 3. The summed E-state index contributed by atoms with van der Waals surface area (Å²) in [6.45, 7) is 4.10. The van der Waals surface area contributed by atoms with Crippen LogP contribution in [0.2, 0.25) is 5.02 Å². The summed E-state index contributed by atoms with van der Waals surface area (Å²) < 4.78 is 0. The molecule has 0 radical (unpaired) electrons. The number of nitrogens with zero attached hydrogens (tertiary/aromatic N) is 4. The van der Waals surface area contributed by atoms with Gasteiger partial charge in [-0.1, -0.05) is 11.6 Å². The highest BCUT2D eigenvalue weighted by Gasteiger charge is 2.21. The Labute approximate surface area is 185 Å². The number of anilines is 4. The van der Waals surface area contributed by atoms with E-state index >= 15 is 0 Å². The van der Waals surface area contributed by atoms with Gasteiger partial charge in [0.2, 0.25) is 11.9 Å². The van der Waals surface area contributed by atoms with Crippen molar-refractivity contribution in [3.05, 3.63) is 52.8 Å². The van der Waals surface area contributed by atoms with Crippen LogP contribution in [0, 0.1) is 6.92 Å². The normalized spacial score (nSPS) is 15.5. The molecule has 1 saturated heterocycles. The van der Waals surface area contributed by atoms with Crippen LogP contribution in [0.4, 0.5) is 23.1 Å². The molecule has 1 amide bonds. The van der Waals surface area contributed by atoms with Crippen molar-refractivity contribution in [1.29, 1.82) is 0 Å². The number of amides is 1. The molecule has 0 bridgehead atoms. The quantitative estimate of drug-likeness (QED) is 0.620. The highest BCUT2D eigenvalue weighted by molar-refractivity contribution is 6.31. The fourth-order valence-electron chi connectivity index (χ4n) is 4.12. The second-order valence-electron chi connectivity index (χ2n) is 7.96. The third kappa shape index (κ3) is 4.05. The Morgan fingerprint density at radius 1 is 1.10 bits per heavy atom. The summed E-state index contributed by atoms with van der Waals surface area (Å²) in [6.07, 6.45) is 5.65. The number of aryl methyl sites for hydroxylation is 1. The van der Waals surface area contributed by atoms with Gasteiger partial charge in [0, 0.05) is 35.4 Å². The fraction of sp³-hybridized carbons (Fsp3) is 0.304. The van der Waals surface area contributed by atoms with Gasteiger partial charge in [-0.3, -0.25) is 4.79 Å². The number of aromatic nitrogens is 3. The van der Waals surface area contributed by atoms with E-state index in [1.807, 2.05) is 25.1 Å². The molecule has 0 aliphatic carbocycles. The third-order valence-electron chi connectivity index (χ3n) is 5.72. The monoisotopic (exact) mass is 434 g/mol. The summed E-state index contributed by atoms with van der Waals surface area (Å²) >= 11 is 6.12. The van der Waals surface area contributed by atoms with Crippen LogP contribution < -0.4 is 15.5 Å². The lowest BCUT2D eigenvalue weighted by Gasteiger charge is -2.28. The molecule has 31 heavy (non-hydrogen) atoms. The van der Waals surface area contributed by atoms with E-state index in [9.17, 15) is 4.79 Å². The number of halogens is 1. The molecule has 1 aromatic carbocycles. The Morgan fingerprint density at radius 3 is 2.74 bits per heavy atom. The van der Waals surface area contributed by atoms with Crippen LogP contribution in [0.25, 0.3) is 11.3 Å². The fourth-order valence-corrected chi connectivity index (χ4v) is 4.29. The summed E-state index contributed by atoms with van der Waals surface area (Å²) in [5, 5.41) is 6.75. The Bertz CT molecular complexity index is 1160. The molecule has 8 heteroatoms. The maximum Gasteiger partial charge on any atom is 0.228 e. The topological polar surface area (TPSA) is 83.0 Å². The van der Waals surface area contributed by atoms with Crippen molar-refractivity contribution < 1.29 is 4.79 Å². The summed E-state index contributed by atoms with van der Waals surface area (Å²) in [5.74, 6) is 1.37. The SMILES string of the molecule is Cc1nc(N2CCCCC2)ccc1Nc1ncc2c(n1)-c1ccc(Cl)cc1NC(=O)C2. The molecule has 0 atom stereocenters. The van der Waals surface area contributed by atoms with E-state index in [1.54, 1.807) is 18.3 Å². The zero-order valence-corrected chi connectivity index (χ0v) is 18.0. The van der Waals surface area contributed by atoms with Crippen molar-refractivity contribution in [2.75, 3.05) is 28.6 Å². The average Bonchev–Trinajstić information content (AvgIpc) is 2.90. The molecule has 158 valence electrons. The molecule has 0 saturated carbocycles. The number of rotatable bonds is 3. The summed E-state index contributed by atoms with van der Waals surface area (Å²) in [5.41, 5.74) is 4.73. The van der Waals surface area contributed by atoms with E-state index in [0.29, 0.717) is 16.7 Å². The number of hydrogen-bond acceptors (Lipinski definition) is 6. The molecule has 2 N–H and O–H groups in total. The van der Waals surface area contributed by atoms with Crippen LogP contribution >= 0.6 is 11.6 Å². The number of piperidine rings is 1. The van der Waals surface area contributed by atoms with Gasteiger partial charge in [-0.2, -0.15) is 0 Å². The summed E-state index contributed by atoms with van der Waals surface area (Å²) in [7, 11) is 0. The lowest BCUT2D eigenvalue weighted by atomic mass is 10.1. The van der Waals surface area contributed by atoms with E-state index in [-0.39, 0.29) is 12.3 Å². The minimum Gasteiger partial charge on any atom is -0.357 e. The number of pyridine rings is 1. The van der Waals surface area contributed by atoms with Crippen LogP contribution in [0.3, 0.4) is 0 Å². The van der Waals surface area contributed by atoms with Gasteiger partial charge in [0.25, 0.3) is 0 Å². The van der Waals surface area contributed by atoms with Crippen molar-refractivity contribution >= 4 is 40.6 Å². The molecule has 2 aromatic heterocycles. The molecule has 0 spiro atoms. The Kier molecular flexibility index (Phi) is 5.19. The smallest absolute Gasteiger partial charge is 0.228 e. The van der Waals surface area contributed by atoms with Gasteiger partial charge in [0.05, 0.1) is 29.2 Å². The van der Waals surface area contributed by atoms with Crippen LogP contribution in [-0.4, -0.2) is 33.9 Å². The number of benzene rings is 1. The molecule has 3 aromatic rings. The minimum atomic E-state index is -0.111. The molecule has 2 aliphatic heterocycles.